The van der Waals surface area contributed by atoms with Gasteiger partial charge in [-0.2, -0.15) is 0 Å². The minimum Gasteiger partial charge on any atom is -0.441 e. The third-order valence-corrected chi connectivity index (χ3v) is 4.69. The second-order valence-electron chi connectivity index (χ2n) is 6.20. The van der Waals surface area contributed by atoms with Gasteiger partial charge in [0.25, 0.3) is 0 Å². The summed E-state index contributed by atoms with van der Waals surface area (Å²) in [6, 6.07) is 7.96. The van der Waals surface area contributed by atoms with E-state index in [1.807, 2.05) is 6.92 Å². The summed E-state index contributed by atoms with van der Waals surface area (Å²) in [7, 11) is 0. The van der Waals surface area contributed by atoms with E-state index in [2.05, 4.69) is 10.3 Å². The molecule has 146 valence electrons. The van der Waals surface area contributed by atoms with Gasteiger partial charge in [-0.05, 0) is 36.8 Å². The average molecular weight is 425 g/mol. The number of nitrogens with zero attached hydrogens (tertiary/aromatic N) is 1. The molecule has 1 aromatic heterocycles. The molecular weight excluding hydrogens is 409 g/mol. The molecule has 0 spiro atoms. The number of aromatic nitrogens is 1. The number of halogens is 4. The Balaban J connectivity index is 1.58. The van der Waals surface area contributed by atoms with Crippen LogP contribution in [0.5, 0.6) is 0 Å². The zero-order valence-electron chi connectivity index (χ0n) is 14.8. The summed E-state index contributed by atoms with van der Waals surface area (Å²) >= 11 is 12.0. The number of benzene rings is 2. The second kappa shape index (κ2) is 8.71. The first-order chi connectivity index (χ1) is 13.3. The monoisotopic (exact) mass is 424 g/mol. The molecule has 1 N–H and O–H groups in total. The maximum Gasteiger partial charge on any atom is 0.220 e. The first-order valence-corrected chi connectivity index (χ1v) is 9.23. The van der Waals surface area contributed by atoms with E-state index < -0.39 is 11.6 Å². The molecule has 0 fully saturated rings. The molecular formula is C20H16Cl2F2N2O2. The molecule has 28 heavy (non-hydrogen) atoms. The summed E-state index contributed by atoms with van der Waals surface area (Å²) in [5.41, 5.74) is 0.861. The Morgan fingerprint density at radius 3 is 2.71 bits per heavy atom. The molecule has 8 heteroatoms. The van der Waals surface area contributed by atoms with Gasteiger partial charge in [-0.15, -0.1) is 0 Å². The van der Waals surface area contributed by atoms with Crippen molar-refractivity contribution in [2.75, 3.05) is 0 Å². The van der Waals surface area contributed by atoms with Gasteiger partial charge >= 0.3 is 0 Å². The number of oxazole rings is 1. The fourth-order valence-electron chi connectivity index (χ4n) is 2.70. The van der Waals surface area contributed by atoms with Crippen LogP contribution in [0.2, 0.25) is 10.0 Å². The van der Waals surface area contributed by atoms with Crippen LogP contribution in [0.25, 0.3) is 11.3 Å². The SMILES string of the molecule is CC(NC(=O)CCc1ncc(-c2ccc(F)cc2F)o1)c1ccc(Cl)cc1Cl. The van der Waals surface area contributed by atoms with Crippen molar-refractivity contribution in [1.29, 1.82) is 0 Å². The van der Waals surface area contributed by atoms with Crippen molar-refractivity contribution in [3.8, 4) is 11.3 Å². The lowest BCUT2D eigenvalue weighted by Gasteiger charge is -2.15. The third-order valence-electron chi connectivity index (χ3n) is 4.12. The number of hydrogen-bond acceptors (Lipinski definition) is 3. The predicted octanol–water partition coefficient (Wildman–Crippen LogP) is 5.74. The van der Waals surface area contributed by atoms with Crippen molar-refractivity contribution in [2.24, 2.45) is 0 Å². The summed E-state index contributed by atoms with van der Waals surface area (Å²) in [5, 5.41) is 3.83. The van der Waals surface area contributed by atoms with Gasteiger partial charge in [-0.25, -0.2) is 13.8 Å². The fourth-order valence-corrected chi connectivity index (χ4v) is 3.28. The first-order valence-electron chi connectivity index (χ1n) is 8.48. The molecule has 0 aliphatic rings. The van der Waals surface area contributed by atoms with E-state index in [0.717, 1.165) is 17.7 Å². The Bertz CT molecular complexity index is 1010. The molecule has 2 aromatic carbocycles. The number of rotatable bonds is 6. The molecule has 0 saturated heterocycles. The number of carbonyl (C=O) groups is 1. The third kappa shape index (κ3) is 4.88. The highest BCUT2D eigenvalue weighted by Gasteiger charge is 2.15. The number of amides is 1. The predicted molar refractivity (Wildman–Crippen MR) is 103 cm³/mol. The Labute approximate surface area is 170 Å². The quantitative estimate of drug-likeness (QED) is 0.548. The van der Waals surface area contributed by atoms with E-state index in [9.17, 15) is 13.6 Å². The molecule has 0 saturated carbocycles. The van der Waals surface area contributed by atoms with Gasteiger partial charge in [-0.1, -0.05) is 29.3 Å². The van der Waals surface area contributed by atoms with Crippen molar-refractivity contribution in [2.45, 2.75) is 25.8 Å². The van der Waals surface area contributed by atoms with E-state index in [4.69, 9.17) is 27.6 Å². The smallest absolute Gasteiger partial charge is 0.220 e. The summed E-state index contributed by atoms with van der Waals surface area (Å²) in [5.74, 6) is -1.17. The molecule has 0 bridgehead atoms. The largest absolute Gasteiger partial charge is 0.441 e. The van der Waals surface area contributed by atoms with Crippen LogP contribution in [0.1, 0.15) is 30.8 Å². The lowest BCUT2D eigenvalue weighted by Crippen LogP contribution is -2.27. The van der Waals surface area contributed by atoms with Gasteiger partial charge in [0.2, 0.25) is 5.91 Å². The topological polar surface area (TPSA) is 55.1 Å². The van der Waals surface area contributed by atoms with Gasteiger partial charge in [0, 0.05) is 29.0 Å². The molecule has 1 atom stereocenters. The van der Waals surface area contributed by atoms with Crippen molar-refractivity contribution >= 4 is 29.1 Å². The van der Waals surface area contributed by atoms with Gasteiger partial charge in [-0.3, -0.25) is 4.79 Å². The highest BCUT2D eigenvalue weighted by Crippen LogP contribution is 2.27. The molecule has 3 rings (SSSR count). The molecule has 0 aliphatic heterocycles. The maximum absolute atomic E-state index is 13.8. The Hall–Kier alpha value is -2.44. The summed E-state index contributed by atoms with van der Waals surface area (Å²) < 4.78 is 32.3. The molecule has 3 aromatic rings. The minimum absolute atomic E-state index is 0.107. The van der Waals surface area contributed by atoms with Crippen LogP contribution in [0.3, 0.4) is 0 Å². The molecule has 0 radical (unpaired) electrons. The standard InChI is InChI=1S/C20H16Cl2F2N2O2/c1-11(14-4-2-12(21)8-16(14)22)26-19(27)6-7-20-25-10-18(28-20)15-5-3-13(23)9-17(15)24/h2-5,8-11H,6-7H2,1H3,(H,26,27). The van der Waals surface area contributed by atoms with E-state index in [-0.39, 0.29) is 42.0 Å². The van der Waals surface area contributed by atoms with E-state index in [1.54, 1.807) is 18.2 Å². The van der Waals surface area contributed by atoms with Crippen LogP contribution < -0.4 is 5.32 Å². The van der Waals surface area contributed by atoms with Gasteiger partial charge in [0.1, 0.15) is 11.6 Å². The van der Waals surface area contributed by atoms with Gasteiger partial charge in [0.05, 0.1) is 17.8 Å². The van der Waals surface area contributed by atoms with E-state index in [0.29, 0.717) is 10.0 Å². The highest BCUT2D eigenvalue weighted by molar-refractivity contribution is 6.35. The summed E-state index contributed by atoms with van der Waals surface area (Å²) in [4.78, 5) is 16.2. The Morgan fingerprint density at radius 1 is 1.21 bits per heavy atom. The zero-order valence-corrected chi connectivity index (χ0v) is 16.3. The number of hydrogen-bond donors (Lipinski definition) is 1. The van der Waals surface area contributed by atoms with Crippen LogP contribution >= 0.6 is 23.2 Å². The summed E-state index contributed by atoms with van der Waals surface area (Å²) in [6.07, 6.45) is 1.71. The lowest BCUT2D eigenvalue weighted by molar-refractivity contribution is -0.121. The Kier molecular flexibility index (Phi) is 6.31. The zero-order chi connectivity index (χ0) is 20.3. The van der Waals surface area contributed by atoms with E-state index in [1.165, 1.54) is 12.3 Å². The van der Waals surface area contributed by atoms with Crippen LogP contribution in [0.15, 0.2) is 47.0 Å². The van der Waals surface area contributed by atoms with Crippen molar-refractivity contribution in [3.63, 3.8) is 0 Å². The molecule has 1 unspecified atom stereocenters. The Morgan fingerprint density at radius 2 is 2.00 bits per heavy atom. The van der Waals surface area contributed by atoms with Crippen molar-refractivity contribution in [3.05, 3.63) is 75.7 Å². The lowest BCUT2D eigenvalue weighted by atomic mass is 10.1. The minimum atomic E-state index is -0.742. The van der Waals surface area contributed by atoms with Crippen LogP contribution in [-0.4, -0.2) is 10.9 Å². The molecule has 1 heterocycles. The van der Waals surface area contributed by atoms with Gasteiger partial charge in [0.15, 0.2) is 11.7 Å². The molecule has 4 nitrogen and oxygen atoms in total. The number of nitrogens with one attached hydrogen (secondary N) is 1. The second-order valence-corrected chi connectivity index (χ2v) is 7.04. The van der Waals surface area contributed by atoms with Crippen LogP contribution in [0, 0.1) is 11.6 Å². The maximum atomic E-state index is 13.8. The fraction of sp³-hybridized carbons (Fsp3) is 0.200. The molecule has 0 aliphatic carbocycles. The molecule has 1 amide bonds. The highest BCUT2D eigenvalue weighted by atomic mass is 35.5. The summed E-state index contributed by atoms with van der Waals surface area (Å²) in [6.45, 7) is 1.81. The van der Waals surface area contributed by atoms with Crippen LogP contribution in [0.4, 0.5) is 8.78 Å². The van der Waals surface area contributed by atoms with Crippen molar-refractivity contribution in [1.82, 2.24) is 10.3 Å². The van der Waals surface area contributed by atoms with E-state index >= 15 is 0 Å². The number of carbonyl (C=O) groups excluding carboxylic acids is 1. The van der Waals surface area contributed by atoms with Crippen LogP contribution in [-0.2, 0) is 11.2 Å². The normalized spacial score (nSPS) is 12.0. The van der Waals surface area contributed by atoms with Crippen molar-refractivity contribution < 1.29 is 18.0 Å². The van der Waals surface area contributed by atoms with Gasteiger partial charge < -0.3 is 9.73 Å². The number of aryl methyl sites for hydroxylation is 1. The average Bonchev–Trinajstić information content (AvgIpc) is 3.08. The first kappa shape index (κ1) is 20.3.